The summed E-state index contributed by atoms with van der Waals surface area (Å²) >= 11 is 0. The Bertz CT molecular complexity index is 149. The van der Waals surface area contributed by atoms with E-state index in [2.05, 4.69) is 0 Å². The van der Waals surface area contributed by atoms with Gasteiger partial charge in [-0.1, -0.05) is 0 Å². The maximum absolute atomic E-state index is 9.46. The van der Waals surface area contributed by atoms with Crippen molar-refractivity contribution < 1.29 is 14.9 Å². The molecule has 0 saturated carbocycles. The molecule has 0 unspecified atom stereocenters. The van der Waals surface area contributed by atoms with Crippen molar-refractivity contribution in [2.24, 2.45) is 5.73 Å². The van der Waals surface area contributed by atoms with Gasteiger partial charge in [0.05, 0.1) is 12.2 Å². The van der Waals surface area contributed by atoms with E-state index in [0.717, 1.165) is 0 Å². The number of aliphatic hydroxyl groups is 2. The van der Waals surface area contributed by atoms with Crippen LogP contribution in [-0.4, -0.2) is 34.2 Å². The molecular weight excluding hydrogens is 146 g/mol. The van der Waals surface area contributed by atoms with Crippen molar-refractivity contribution in [1.29, 1.82) is 0 Å². The van der Waals surface area contributed by atoms with E-state index in [0.29, 0.717) is 0 Å². The average Bonchev–Trinajstić information content (AvgIpc) is 1.81. The third-order valence-electron chi connectivity index (χ3n) is 2.11. The Morgan fingerprint density at radius 1 is 1.55 bits per heavy atom. The number of hydrogen-bond acceptors (Lipinski definition) is 4. The topological polar surface area (TPSA) is 75.7 Å². The van der Waals surface area contributed by atoms with Gasteiger partial charge in [0.25, 0.3) is 0 Å². The van der Waals surface area contributed by atoms with Crippen LogP contribution in [-0.2, 0) is 4.74 Å². The van der Waals surface area contributed by atoms with Crippen LogP contribution in [0.5, 0.6) is 0 Å². The second kappa shape index (κ2) is 2.71. The lowest BCUT2D eigenvalue weighted by molar-refractivity contribution is -0.215. The molecule has 1 rings (SSSR count). The predicted molar refractivity (Wildman–Crippen MR) is 39.8 cm³/mol. The van der Waals surface area contributed by atoms with Gasteiger partial charge in [-0.2, -0.15) is 0 Å². The fourth-order valence-electron chi connectivity index (χ4n) is 1.40. The van der Waals surface area contributed by atoms with Crippen LogP contribution in [0.25, 0.3) is 0 Å². The molecule has 0 aromatic rings. The molecule has 4 N–H and O–H groups in total. The highest BCUT2D eigenvalue weighted by Crippen LogP contribution is 2.25. The highest BCUT2D eigenvalue weighted by molar-refractivity contribution is 4.94. The second-order valence-corrected chi connectivity index (χ2v) is 3.45. The van der Waals surface area contributed by atoms with Crippen LogP contribution in [0.4, 0.5) is 0 Å². The number of hydrogen-bond donors (Lipinski definition) is 3. The van der Waals surface area contributed by atoms with Crippen molar-refractivity contribution in [1.82, 2.24) is 0 Å². The van der Waals surface area contributed by atoms with E-state index in [1.54, 1.807) is 13.8 Å². The summed E-state index contributed by atoms with van der Waals surface area (Å²) in [6, 6.07) is 0. The number of rotatable bonds is 0. The van der Waals surface area contributed by atoms with E-state index >= 15 is 0 Å². The summed E-state index contributed by atoms with van der Waals surface area (Å²) in [6.07, 6.45) is -1.67. The first kappa shape index (κ1) is 8.93. The molecule has 0 radical (unpaired) electrons. The van der Waals surface area contributed by atoms with Crippen LogP contribution in [0.3, 0.4) is 0 Å². The van der Waals surface area contributed by atoms with Crippen molar-refractivity contribution in [3.63, 3.8) is 0 Å². The summed E-state index contributed by atoms with van der Waals surface area (Å²) in [5, 5.41) is 18.6. The lowest BCUT2D eigenvalue weighted by atomic mass is 9.86. The van der Waals surface area contributed by atoms with Gasteiger partial charge in [0.1, 0.15) is 0 Å². The Morgan fingerprint density at radius 2 is 2.09 bits per heavy atom. The molecule has 0 amide bonds. The fraction of sp³-hybridized carbons (Fsp3) is 1.00. The minimum atomic E-state index is -0.844. The normalized spacial score (nSPS) is 52.6. The molecule has 1 fully saturated rings. The Balaban J connectivity index is 2.67. The Morgan fingerprint density at radius 3 is 2.55 bits per heavy atom. The van der Waals surface area contributed by atoms with Crippen molar-refractivity contribution in [3.05, 3.63) is 0 Å². The van der Waals surface area contributed by atoms with Gasteiger partial charge in [0.2, 0.25) is 0 Å². The van der Waals surface area contributed by atoms with Crippen LogP contribution < -0.4 is 5.73 Å². The third kappa shape index (κ3) is 1.70. The lowest BCUT2D eigenvalue weighted by Crippen LogP contribution is -2.59. The SMILES string of the molecule is C[C@@H]1O[C@H](O)C[C@](C)(N)[C@@H]1O. The maximum Gasteiger partial charge on any atom is 0.156 e. The van der Waals surface area contributed by atoms with Crippen LogP contribution >= 0.6 is 0 Å². The van der Waals surface area contributed by atoms with Gasteiger partial charge in [-0.25, -0.2) is 0 Å². The first-order chi connectivity index (χ1) is 4.93. The molecule has 0 spiro atoms. The molecule has 1 aliphatic rings. The Kier molecular flexibility index (Phi) is 2.20. The number of aliphatic hydroxyl groups excluding tert-OH is 2. The van der Waals surface area contributed by atoms with Crippen molar-refractivity contribution >= 4 is 0 Å². The minimum Gasteiger partial charge on any atom is -0.389 e. The molecule has 4 heteroatoms. The molecule has 0 aromatic heterocycles. The van der Waals surface area contributed by atoms with Crippen molar-refractivity contribution in [3.8, 4) is 0 Å². The monoisotopic (exact) mass is 161 g/mol. The van der Waals surface area contributed by atoms with Gasteiger partial charge in [-0.15, -0.1) is 0 Å². The zero-order valence-electron chi connectivity index (χ0n) is 6.82. The zero-order chi connectivity index (χ0) is 8.65. The third-order valence-corrected chi connectivity index (χ3v) is 2.11. The summed E-state index contributed by atoms with van der Waals surface area (Å²) in [6.45, 7) is 3.40. The summed E-state index contributed by atoms with van der Waals surface area (Å²) < 4.78 is 4.96. The van der Waals surface area contributed by atoms with E-state index < -0.39 is 24.0 Å². The van der Waals surface area contributed by atoms with Gasteiger partial charge in [0.15, 0.2) is 6.29 Å². The number of nitrogens with two attached hydrogens (primary N) is 1. The van der Waals surface area contributed by atoms with E-state index in [1.165, 1.54) is 0 Å². The lowest BCUT2D eigenvalue weighted by Gasteiger charge is -2.41. The zero-order valence-corrected chi connectivity index (χ0v) is 6.82. The van der Waals surface area contributed by atoms with Crippen molar-refractivity contribution in [2.45, 2.75) is 44.3 Å². The molecule has 0 aliphatic carbocycles. The van der Waals surface area contributed by atoms with Gasteiger partial charge in [0, 0.05) is 12.0 Å². The molecule has 1 heterocycles. The summed E-state index contributed by atoms with van der Waals surface area (Å²) in [5.41, 5.74) is 4.97. The summed E-state index contributed by atoms with van der Waals surface area (Å²) in [5.74, 6) is 0. The van der Waals surface area contributed by atoms with E-state index in [9.17, 15) is 5.11 Å². The quantitative estimate of drug-likeness (QED) is 0.434. The standard InChI is InChI=1S/C7H15NO3/c1-4-6(10)7(2,8)3-5(9)11-4/h4-6,9-10H,3,8H2,1-2H3/t4-,5-,6+,7-/m0/s1. The van der Waals surface area contributed by atoms with E-state index in [1.807, 2.05) is 0 Å². The molecule has 1 saturated heterocycles. The van der Waals surface area contributed by atoms with Crippen LogP contribution in [0.15, 0.2) is 0 Å². The van der Waals surface area contributed by atoms with Gasteiger partial charge >= 0.3 is 0 Å². The molecule has 0 bridgehead atoms. The fourth-order valence-corrected chi connectivity index (χ4v) is 1.40. The minimum absolute atomic E-state index is 0.276. The second-order valence-electron chi connectivity index (χ2n) is 3.45. The first-order valence-electron chi connectivity index (χ1n) is 3.74. The van der Waals surface area contributed by atoms with Crippen molar-refractivity contribution in [2.75, 3.05) is 0 Å². The van der Waals surface area contributed by atoms with E-state index in [4.69, 9.17) is 15.6 Å². The predicted octanol–water partition coefficient (Wildman–Crippen LogP) is -0.808. The molecule has 4 nitrogen and oxygen atoms in total. The molecule has 1 aliphatic heterocycles. The smallest absolute Gasteiger partial charge is 0.156 e. The van der Waals surface area contributed by atoms with Gasteiger partial charge in [-0.3, -0.25) is 0 Å². The highest BCUT2D eigenvalue weighted by atomic mass is 16.6. The van der Waals surface area contributed by atoms with Crippen LogP contribution in [0, 0.1) is 0 Å². The molecular formula is C7H15NO3. The number of ether oxygens (including phenoxy) is 1. The molecule has 0 aromatic carbocycles. The van der Waals surface area contributed by atoms with Gasteiger partial charge in [-0.05, 0) is 13.8 Å². The Labute approximate surface area is 66.0 Å². The molecule has 66 valence electrons. The average molecular weight is 161 g/mol. The molecule has 11 heavy (non-hydrogen) atoms. The summed E-state index contributed by atoms with van der Waals surface area (Å²) in [7, 11) is 0. The van der Waals surface area contributed by atoms with E-state index in [-0.39, 0.29) is 6.42 Å². The Hall–Kier alpha value is -0.160. The molecule has 4 atom stereocenters. The van der Waals surface area contributed by atoms with Crippen LogP contribution in [0.1, 0.15) is 20.3 Å². The van der Waals surface area contributed by atoms with Gasteiger partial charge < -0.3 is 20.7 Å². The highest BCUT2D eigenvalue weighted by Gasteiger charge is 2.40. The summed E-state index contributed by atoms with van der Waals surface area (Å²) in [4.78, 5) is 0. The largest absolute Gasteiger partial charge is 0.389 e. The maximum atomic E-state index is 9.46. The first-order valence-corrected chi connectivity index (χ1v) is 3.74. The van der Waals surface area contributed by atoms with Crippen LogP contribution in [0.2, 0.25) is 0 Å².